The first-order valence-corrected chi connectivity index (χ1v) is 6.05. The molecule has 1 aliphatic rings. The highest BCUT2D eigenvalue weighted by atomic mass is 16.5. The predicted molar refractivity (Wildman–Crippen MR) is 67.0 cm³/mol. The summed E-state index contributed by atoms with van der Waals surface area (Å²) < 4.78 is 5.88. The molecule has 3 heteroatoms. The summed E-state index contributed by atoms with van der Waals surface area (Å²) in [5, 5.41) is 12.2. The Morgan fingerprint density at radius 3 is 2.88 bits per heavy atom. The molecule has 1 fully saturated rings. The second kappa shape index (κ2) is 5.20. The molecule has 1 aromatic carbocycles. The molecule has 0 radical (unpaired) electrons. The summed E-state index contributed by atoms with van der Waals surface area (Å²) in [6.07, 6.45) is 2.45. The van der Waals surface area contributed by atoms with Gasteiger partial charge in [0.05, 0.1) is 11.7 Å². The van der Waals surface area contributed by atoms with Crippen LogP contribution in [0.4, 0.5) is 0 Å². The first-order chi connectivity index (χ1) is 8.22. The smallest absolute Gasteiger partial charge is 0.137 e. The third-order valence-electron chi connectivity index (χ3n) is 3.24. The number of hydrogen-bond donors (Lipinski definition) is 1. The lowest BCUT2D eigenvalue weighted by Gasteiger charge is -2.35. The maximum absolute atomic E-state index is 9.01. The standard InChI is InChI=1S/C14H18N2O/c1-10-3-4-12(8-15)14(5-10)17-13-6-11(7-13)9-16-2/h3-5,11,13,16H,6-7,9H2,1-2H3. The Kier molecular flexibility index (Phi) is 3.65. The van der Waals surface area contributed by atoms with E-state index in [1.54, 1.807) is 0 Å². The molecule has 0 bridgehead atoms. The van der Waals surface area contributed by atoms with Gasteiger partial charge < -0.3 is 10.1 Å². The number of benzene rings is 1. The Hall–Kier alpha value is -1.53. The molecule has 1 aromatic rings. The zero-order chi connectivity index (χ0) is 12.3. The molecule has 1 aliphatic carbocycles. The summed E-state index contributed by atoms with van der Waals surface area (Å²) in [5.74, 6) is 1.46. The van der Waals surface area contributed by atoms with Crippen molar-refractivity contribution in [1.82, 2.24) is 5.32 Å². The lowest BCUT2D eigenvalue weighted by molar-refractivity contribution is 0.0654. The predicted octanol–water partition coefficient (Wildman–Crippen LogP) is 2.24. The minimum atomic E-state index is 0.280. The van der Waals surface area contributed by atoms with E-state index in [2.05, 4.69) is 11.4 Å². The van der Waals surface area contributed by atoms with Gasteiger partial charge in [-0.1, -0.05) is 6.07 Å². The van der Waals surface area contributed by atoms with E-state index in [1.807, 2.05) is 32.2 Å². The van der Waals surface area contributed by atoms with Gasteiger partial charge in [0.1, 0.15) is 11.8 Å². The van der Waals surface area contributed by atoms with Crippen LogP contribution in [0.3, 0.4) is 0 Å². The molecule has 0 spiro atoms. The summed E-state index contributed by atoms with van der Waals surface area (Å²) >= 11 is 0. The van der Waals surface area contributed by atoms with Crippen LogP contribution in [0.15, 0.2) is 18.2 Å². The third kappa shape index (κ3) is 2.78. The number of rotatable bonds is 4. The van der Waals surface area contributed by atoms with Gasteiger partial charge in [-0.05, 0) is 57.0 Å². The normalized spacial score (nSPS) is 22.6. The highest BCUT2D eigenvalue weighted by molar-refractivity contribution is 5.45. The molecule has 0 amide bonds. The number of nitrogens with one attached hydrogen (secondary N) is 1. The first-order valence-electron chi connectivity index (χ1n) is 6.05. The lowest BCUT2D eigenvalue weighted by atomic mass is 9.82. The van der Waals surface area contributed by atoms with Crippen LogP contribution in [-0.4, -0.2) is 19.7 Å². The van der Waals surface area contributed by atoms with Gasteiger partial charge in [-0.3, -0.25) is 0 Å². The van der Waals surface area contributed by atoms with Crippen molar-refractivity contribution in [2.24, 2.45) is 5.92 Å². The van der Waals surface area contributed by atoms with Gasteiger partial charge in [0.25, 0.3) is 0 Å². The third-order valence-corrected chi connectivity index (χ3v) is 3.24. The van der Waals surface area contributed by atoms with Crippen LogP contribution < -0.4 is 10.1 Å². The van der Waals surface area contributed by atoms with Crippen LogP contribution in [0.5, 0.6) is 5.75 Å². The van der Waals surface area contributed by atoms with Crippen LogP contribution >= 0.6 is 0 Å². The van der Waals surface area contributed by atoms with Crippen molar-refractivity contribution < 1.29 is 4.74 Å². The molecule has 0 unspecified atom stereocenters. The van der Waals surface area contributed by atoms with Gasteiger partial charge in [-0.2, -0.15) is 5.26 Å². The monoisotopic (exact) mass is 230 g/mol. The van der Waals surface area contributed by atoms with Gasteiger partial charge in [0.15, 0.2) is 0 Å². The topological polar surface area (TPSA) is 45.0 Å². The summed E-state index contributed by atoms with van der Waals surface area (Å²) in [5.41, 5.74) is 1.76. The van der Waals surface area contributed by atoms with Gasteiger partial charge in [0, 0.05) is 0 Å². The largest absolute Gasteiger partial charge is 0.489 e. The Bertz CT molecular complexity index is 430. The maximum atomic E-state index is 9.01. The van der Waals surface area contributed by atoms with Gasteiger partial charge in [-0.25, -0.2) is 0 Å². The van der Waals surface area contributed by atoms with Gasteiger partial charge >= 0.3 is 0 Å². The number of aryl methyl sites for hydroxylation is 1. The molecule has 0 aliphatic heterocycles. The Balaban J connectivity index is 1.96. The SMILES string of the molecule is CNCC1CC(Oc2cc(C)ccc2C#N)C1. The second-order valence-corrected chi connectivity index (χ2v) is 4.75. The highest BCUT2D eigenvalue weighted by Gasteiger charge is 2.30. The average molecular weight is 230 g/mol. The van der Waals surface area contributed by atoms with Crippen LogP contribution in [0, 0.1) is 24.2 Å². The number of nitriles is 1. The average Bonchev–Trinajstić information content (AvgIpc) is 2.26. The molecule has 17 heavy (non-hydrogen) atoms. The Morgan fingerprint density at radius 2 is 2.24 bits per heavy atom. The number of hydrogen-bond acceptors (Lipinski definition) is 3. The molecule has 1 N–H and O–H groups in total. The van der Waals surface area contributed by atoms with Crippen molar-refractivity contribution in [3.8, 4) is 11.8 Å². The van der Waals surface area contributed by atoms with Crippen molar-refractivity contribution in [2.75, 3.05) is 13.6 Å². The molecular weight excluding hydrogens is 212 g/mol. The van der Waals surface area contributed by atoms with E-state index >= 15 is 0 Å². The molecule has 2 rings (SSSR count). The summed E-state index contributed by atoms with van der Waals surface area (Å²) in [6, 6.07) is 7.89. The fourth-order valence-electron chi connectivity index (χ4n) is 2.23. The fourth-order valence-corrected chi connectivity index (χ4v) is 2.23. The van der Waals surface area contributed by atoms with Crippen LogP contribution in [0.2, 0.25) is 0 Å². The molecule has 3 nitrogen and oxygen atoms in total. The highest BCUT2D eigenvalue weighted by Crippen LogP contribution is 2.32. The van der Waals surface area contributed by atoms with Crippen LogP contribution in [0.25, 0.3) is 0 Å². The second-order valence-electron chi connectivity index (χ2n) is 4.75. The van der Waals surface area contributed by atoms with Crippen molar-refractivity contribution in [1.29, 1.82) is 5.26 Å². The molecule has 0 saturated heterocycles. The van der Waals surface area contributed by atoms with E-state index in [4.69, 9.17) is 10.00 Å². The quantitative estimate of drug-likeness (QED) is 0.862. The first kappa shape index (κ1) is 11.9. The number of ether oxygens (including phenoxy) is 1. The van der Waals surface area contributed by atoms with E-state index in [1.165, 1.54) is 0 Å². The zero-order valence-electron chi connectivity index (χ0n) is 10.4. The van der Waals surface area contributed by atoms with E-state index in [0.29, 0.717) is 5.56 Å². The van der Waals surface area contributed by atoms with Crippen LogP contribution in [0.1, 0.15) is 24.0 Å². The zero-order valence-corrected chi connectivity index (χ0v) is 10.4. The molecular formula is C14H18N2O. The Labute approximate surface area is 102 Å². The minimum absolute atomic E-state index is 0.280. The summed E-state index contributed by atoms with van der Waals surface area (Å²) in [7, 11) is 1.97. The molecule has 90 valence electrons. The Morgan fingerprint density at radius 1 is 1.47 bits per heavy atom. The fraction of sp³-hybridized carbons (Fsp3) is 0.500. The van der Waals surface area contributed by atoms with Crippen LogP contribution in [-0.2, 0) is 0 Å². The summed E-state index contributed by atoms with van der Waals surface area (Å²) in [4.78, 5) is 0. The van der Waals surface area contributed by atoms with E-state index in [0.717, 1.165) is 36.6 Å². The van der Waals surface area contributed by atoms with E-state index in [-0.39, 0.29) is 6.10 Å². The van der Waals surface area contributed by atoms with Crippen molar-refractivity contribution in [3.05, 3.63) is 29.3 Å². The molecule has 0 heterocycles. The van der Waals surface area contributed by atoms with Crippen molar-refractivity contribution in [2.45, 2.75) is 25.9 Å². The van der Waals surface area contributed by atoms with Crippen molar-refractivity contribution in [3.63, 3.8) is 0 Å². The van der Waals surface area contributed by atoms with E-state index in [9.17, 15) is 0 Å². The van der Waals surface area contributed by atoms with Gasteiger partial charge in [0.2, 0.25) is 0 Å². The molecule has 0 atom stereocenters. The maximum Gasteiger partial charge on any atom is 0.137 e. The number of nitrogens with zero attached hydrogens (tertiary/aromatic N) is 1. The summed E-state index contributed by atoms with van der Waals surface area (Å²) in [6.45, 7) is 3.07. The van der Waals surface area contributed by atoms with E-state index < -0.39 is 0 Å². The van der Waals surface area contributed by atoms with Crippen molar-refractivity contribution >= 4 is 0 Å². The molecule has 1 saturated carbocycles. The lowest BCUT2D eigenvalue weighted by Crippen LogP contribution is -2.38. The molecule has 0 aromatic heterocycles. The van der Waals surface area contributed by atoms with Gasteiger partial charge in [-0.15, -0.1) is 0 Å². The minimum Gasteiger partial charge on any atom is -0.489 e.